The number of fused-ring (bicyclic) bond motifs is 7. The predicted octanol–water partition coefficient (Wildman–Crippen LogP) is 16.1. The van der Waals surface area contributed by atoms with Gasteiger partial charge in [-0.15, -0.1) is 0 Å². The highest BCUT2D eigenvalue weighted by molar-refractivity contribution is 8.33. The molecule has 67 heavy (non-hydrogen) atoms. The highest BCUT2D eigenvalue weighted by atomic mass is 32.3. The maximum absolute atomic E-state index is 5.33. The normalized spacial score (nSPS) is 22.5. The lowest BCUT2D eigenvalue weighted by molar-refractivity contribution is -0.0409. The van der Waals surface area contributed by atoms with Crippen LogP contribution < -0.4 is 0 Å². The molecule has 1 spiro atoms. The number of rotatable bonds is 6. The molecule has 1 aliphatic heterocycles. The minimum atomic E-state index is -1.27. The van der Waals surface area contributed by atoms with E-state index in [9.17, 15) is 0 Å². The van der Waals surface area contributed by atoms with Gasteiger partial charge in [0.15, 0.2) is 17.5 Å². The topological polar surface area (TPSA) is 38.7 Å². The van der Waals surface area contributed by atoms with Gasteiger partial charge in [0.1, 0.15) is 0 Å². The van der Waals surface area contributed by atoms with E-state index < -0.39 is 10.0 Å². The van der Waals surface area contributed by atoms with E-state index in [1.165, 1.54) is 65.5 Å². The van der Waals surface area contributed by atoms with Crippen LogP contribution in [0.1, 0.15) is 43.2 Å². The molecule has 4 fully saturated rings. The maximum Gasteiger partial charge on any atom is 0.164 e. The van der Waals surface area contributed by atoms with Crippen molar-refractivity contribution in [2.75, 3.05) is 12.5 Å². The lowest BCUT2D eigenvalue weighted by Crippen LogP contribution is -2.55. The number of nitrogens with zero attached hydrogens (tertiary/aromatic N) is 3. The molecule has 0 amide bonds. The summed E-state index contributed by atoms with van der Waals surface area (Å²) in [6, 6.07) is 69.0. The molecule has 2 heterocycles. The summed E-state index contributed by atoms with van der Waals surface area (Å²) in [7, 11) is -1.27. The first-order valence-electron chi connectivity index (χ1n) is 24.2. The van der Waals surface area contributed by atoms with Crippen molar-refractivity contribution in [1.82, 2.24) is 15.0 Å². The Balaban J connectivity index is 0.953. The minimum absolute atomic E-state index is 0.0685. The fourth-order valence-electron chi connectivity index (χ4n) is 14.0. The molecule has 15 rings (SSSR count). The molecule has 6 aliphatic rings. The molecule has 8 aromatic carbocycles. The Bertz CT molecular complexity index is 3350. The molecule has 0 unspecified atom stereocenters. The summed E-state index contributed by atoms with van der Waals surface area (Å²) >= 11 is 0. The fourth-order valence-corrected chi connectivity index (χ4v) is 16.9. The second kappa shape index (κ2) is 14.8. The Kier molecular flexibility index (Phi) is 8.69. The summed E-state index contributed by atoms with van der Waals surface area (Å²) < 4.78 is 0. The first-order valence-corrected chi connectivity index (χ1v) is 26.7. The van der Waals surface area contributed by atoms with Crippen LogP contribution in [-0.4, -0.2) is 27.5 Å². The first-order chi connectivity index (χ1) is 32.9. The van der Waals surface area contributed by atoms with E-state index in [4.69, 9.17) is 15.0 Å². The largest absolute Gasteiger partial charge is 0.208 e. The Hall–Kier alpha value is -6.88. The van der Waals surface area contributed by atoms with Gasteiger partial charge in [-0.3, -0.25) is 0 Å². The molecule has 0 atom stereocenters. The van der Waals surface area contributed by atoms with Crippen molar-refractivity contribution in [2.45, 2.75) is 47.3 Å². The van der Waals surface area contributed by atoms with E-state index in [2.05, 4.69) is 195 Å². The van der Waals surface area contributed by atoms with Gasteiger partial charge >= 0.3 is 0 Å². The van der Waals surface area contributed by atoms with Crippen LogP contribution in [0.5, 0.6) is 0 Å². The summed E-state index contributed by atoms with van der Waals surface area (Å²) in [6.45, 7) is 0. The van der Waals surface area contributed by atoms with Gasteiger partial charge in [0.05, 0.1) is 0 Å². The molecule has 4 saturated carbocycles. The molecule has 1 aromatic heterocycles. The van der Waals surface area contributed by atoms with E-state index in [1.807, 2.05) is 6.07 Å². The molecule has 3 nitrogen and oxygen atoms in total. The van der Waals surface area contributed by atoms with Crippen molar-refractivity contribution in [3.8, 4) is 89.8 Å². The summed E-state index contributed by atoms with van der Waals surface area (Å²) in [6.07, 6.45) is 12.1. The summed E-state index contributed by atoms with van der Waals surface area (Å²) in [5, 5.41) is 0. The average molecular weight is 882 g/mol. The quantitative estimate of drug-likeness (QED) is 0.167. The van der Waals surface area contributed by atoms with Crippen molar-refractivity contribution < 1.29 is 0 Å². The lowest BCUT2D eigenvalue weighted by atomic mass is 9.43. The van der Waals surface area contributed by atoms with E-state index in [0.717, 1.165) is 50.8 Å². The molecular formula is C63H51N3S. The van der Waals surface area contributed by atoms with Gasteiger partial charge in [0, 0.05) is 31.9 Å². The number of aromatic nitrogens is 3. The summed E-state index contributed by atoms with van der Waals surface area (Å²) in [5.41, 5.74) is 19.3. The maximum atomic E-state index is 5.33. The van der Waals surface area contributed by atoms with Gasteiger partial charge in [-0.05, 0) is 165 Å². The van der Waals surface area contributed by atoms with E-state index in [-0.39, 0.29) is 5.41 Å². The standard InChI is InChI=1S/C63H51N3S/c1-67(2)56-25-15-13-22-51(56)54-38-53(57-52-23-12-14-24-55(52)63(58(57)59(54)67)49-31-39-30-40(33-49)34-50(63)32-39)43-26-28-45(29-27-43)61-64-60(44-20-10-5-11-21-44)65-62(66-61)48-36-46(41-16-6-3-7-17-41)35-47(37-48)42-18-8-4-9-19-42/h3-29,35-40,49-50H,30-34H2,1-2H3. The van der Waals surface area contributed by atoms with Gasteiger partial charge in [-0.2, -0.15) is 10.0 Å². The van der Waals surface area contributed by atoms with E-state index in [0.29, 0.717) is 29.3 Å². The lowest BCUT2D eigenvalue weighted by Gasteiger charge is -2.61. The predicted molar refractivity (Wildman–Crippen MR) is 277 cm³/mol. The zero-order valence-electron chi connectivity index (χ0n) is 38.0. The third-order valence-corrected chi connectivity index (χ3v) is 19.4. The van der Waals surface area contributed by atoms with Crippen LogP contribution >= 0.6 is 10.0 Å². The zero-order valence-corrected chi connectivity index (χ0v) is 38.8. The monoisotopic (exact) mass is 881 g/mol. The summed E-state index contributed by atoms with van der Waals surface area (Å²) in [5.74, 6) is 5.15. The Morgan fingerprint density at radius 1 is 0.388 bits per heavy atom. The zero-order chi connectivity index (χ0) is 44.4. The van der Waals surface area contributed by atoms with Crippen molar-refractivity contribution in [3.63, 3.8) is 0 Å². The van der Waals surface area contributed by atoms with Gasteiger partial charge in [0.2, 0.25) is 0 Å². The van der Waals surface area contributed by atoms with Crippen molar-refractivity contribution >= 4 is 10.0 Å². The van der Waals surface area contributed by atoms with Crippen molar-refractivity contribution in [2.24, 2.45) is 23.7 Å². The summed E-state index contributed by atoms with van der Waals surface area (Å²) in [4.78, 5) is 19.0. The van der Waals surface area contributed by atoms with Crippen LogP contribution in [0, 0.1) is 23.7 Å². The molecule has 324 valence electrons. The molecule has 0 saturated heterocycles. The van der Waals surface area contributed by atoms with Crippen LogP contribution in [0.15, 0.2) is 198 Å². The van der Waals surface area contributed by atoms with Crippen LogP contribution in [0.4, 0.5) is 0 Å². The molecule has 0 N–H and O–H groups in total. The van der Waals surface area contributed by atoms with Crippen molar-refractivity contribution in [1.29, 1.82) is 0 Å². The minimum Gasteiger partial charge on any atom is -0.208 e. The fraction of sp³-hybridized carbons (Fsp3) is 0.190. The smallest absolute Gasteiger partial charge is 0.164 e. The Morgan fingerprint density at radius 3 is 1.45 bits per heavy atom. The van der Waals surface area contributed by atoms with E-state index >= 15 is 0 Å². The second-order valence-electron chi connectivity index (χ2n) is 20.4. The highest BCUT2D eigenvalue weighted by Crippen LogP contribution is 2.77. The van der Waals surface area contributed by atoms with Crippen LogP contribution in [0.25, 0.3) is 89.8 Å². The average Bonchev–Trinajstić information content (AvgIpc) is 3.81. The molecule has 4 heteroatoms. The van der Waals surface area contributed by atoms with Crippen molar-refractivity contribution in [3.05, 3.63) is 199 Å². The molecule has 4 bridgehead atoms. The third kappa shape index (κ3) is 5.88. The van der Waals surface area contributed by atoms with Crippen LogP contribution in [-0.2, 0) is 5.41 Å². The molecular weight excluding hydrogens is 831 g/mol. The third-order valence-electron chi connectivity index (χ3n) is 16.5. The molecule has 9 aromatic rings. The number of hydrogen-bond donors (Lipinski definition) is 0. The van der Waals surface area contributed by atoms with Gasteiger partial charge < -0.3 is 0 Å². The number of benzene rings is 8. The Morgan fingerprint density at radius 2 is 0.851 bits per heavy atom. The Labute approximate surface area is 395 Å². The van der Waals surface area contributed by atoms with Gasteiger partial charge in [-0.25, -0.2) is 15.0 Å². The molecule has 0 radical (unpaired) electrons. The first kappa shape index (κ1) is 39.3. The van der Waals surface area contributed by atoms with E-state index in [1.54, 1.807) is 20.9 Å². The van der Waals surface area contributed by atoms with Gasteiger partial charge in [-0.1, -0.05) is 158 Å². The molecule has 5 aliphatic carbocycles. The number of hydrogen-bond acceptors (Lipinski definition) is 3. The second-order valence-corrected chi connectivity index (χ2v) is 23.9. The van der Waals surface area contributed by atoms with Crippen LogP contribution in [0.2, 0.25) is 0 Å². The SMILES string of the molecule is CS1(C)c2ccccc2-c2cc(-c3ccc(-c4nc(-c5ccccc5)nc(-c5cc(-c6ccccc6)cc(-c6ccccc6)c5)n4)cc3)c3c(c21)C1(c2ccccc2-3)C2CC3CC(C2)CC1C3. The van der Waals surface area contributed by atoms with Gasteiger partial charge in [0.25, 0.3) is 0 Å². The van der Waals surface area contributed by atoms with Crippen LogP contribution in [0.3, 0.4) is 0 Å². The highest BCUT2D eigenvalue weighted by Gasteiger charge is 2.63.